The van der Waals surface area contributed by atoms with E-state index in [2.05, 4.69) is 35.8 Å². The predicted molar refractivity (Wildman–Crippen MR) is 109 cm³/mol. The van der Waals surface area contributed by atoms with Gasteiger partial charge in [0.1, 0.15) is 5.52 Å². The zero-order valence-electron chi connectivity index (χ0n) is 15.3. The van der Waals surface area contributed by atoms with E-state index in [4.69, 9.17) is 4.74 Å². The Balaban J connectivity index is 1.43. The quantitative estimate of drug-likeness (QED) is 0.535. The van der Waals surface area contributed by atoms with E-state index in [0.29, 0.717) is 0 Å². The van der Waals surface area contributed by atoms with Crippen molar-refractivity contribution in [1.29, 1.82) is 0 Å². The average Bonchev–Trinajstić information content (AvgIpc) is 3.41. The normalized spacial score (nSPS) is 14.8. The SMILES string of the molecule is COC(=O)c1nc(N2CCN(c3cccc4[nH]cnc34)CC2)c2sccc2n1. The number of methoxy groups -OCH3 is 1. The number of para-hydroxylation sites is 1. The van der Waals surface area contributed by atoms with Gasteiger partial charge in [-0.05, 0) is 23.6 Å². The van der Waals surface area contributed by atoms with Crippen molar-refractivity contribution < 1.29 is 9.53 Å². The van der Waals surface area contributed by atoms with Crippen molar-refractivity contribution >= 4 is 50.1 Å². The molecule has 5 rings (SSSR count). The number of anilines is 2. The third-order valence-electron chi connectivity index (χ3n) is 5.00. The van der Waals surface area contributed by atoms with E-state index in [-0.39, 0.29) is 5.82 Å². The predicted octanol–water partition coefficient (Wildman–Crippen LogP) is 2.68. The van der Waals surface area contributed by atoms with Crippen molar-refractivity contribution in [3.05, 3.63) is 41.8 Å². The summed E-state index contributed by atoms with van der Waals surface area (Å²) >= 11 is 1.59. The van der Waals surface area contributed by atoms with Gasteiger partial charge in [0, 0.05) is 26.2 Å². The maximum absolute atomic E-state index is 12.0. The van der Waals surface area contributed by atoms with Crippen LogP contribution in [0.4, 0.5) is 11.5 Å². The molecule has 0 aliphatic carbocycles. The van der Waals surface area contributed by atoms with Gasteiger partial charge in [-0.25, -0.2) is 19.7 Å². The molecule has 1 N–H and O–H groups in total. The van der Waals surface area contributed by atoms with E-state index >= 15 is 0 Å². The number of carbonyl (C=O) groups excluding carboxylic acids is 1. The number of nitrogens with one attached hydrogen (secondary N) is 1. The molecule has 0 saturated carbocycles. The minimum atomic E-state index is -0.516. The zero-order valence-corrected chi connectivity index (χ0v) is 16.1. The van der Waals surface area contributed by atoms with Crippen LogP contribution in [0.2, 0.25) is 0 Å². The number of rotatable bonds is 3. The standard InChI is InChI=1S/C19H18N6O2S/c1-27-19(26)17-22-13-5-10-28-16(13)18(23-17)25-8-6-24(7-9-25)14-4-2-3-12-15(14)21-11-20-12/h2-5,10-11H,6-9H2,1H3,(H,20,21). The molecule has 0 bridgehead atoms. The van der Waals surface area contributed by atoms with Gasteiger partial charge in [0.25, 0.3) is 0 Å². The maximum atomic E-state index is 12.0. The smallest absolute Gasteiger partial charge is 0.376 e. The lowest BCUT2D eigenvalue weighted by atomic mass is 10.2. The van der Waals surface area contributed by atoms with Crippen molar-refractivity contribution in [2.45, 2.75) is 0 Å². The van der Waals surface area contributed by atoms with Crippen LogP contribution in [0.3, 0.4) is 0 Å². The summed E-state index contributed by atoms with van der Waals surface area (Å²) in [5, 5.41) is 1.97. The second-order valence-electron chi connectivity index (χ2n) is 6.55. The van der Waals surface area contributed by atoms with Crippen molar-refractivity contribution in [3.63, 3.8) is 0 Å². The fourth-order valence-corrected chi connectivity index (χ4v) is 4.46. The molecule has 0 spiro atoms. The molecule has 4 aromatic rings. The number of piperazine rings is 1. The van der Waals surface area contributed by atoms with Crippen LogP contribution in [0.1, 0.15) is 10.6 Å². The minimum Gasteiger partial charge on any atom is -0.463 e. The lowest BCUT2D eigenvalue weighted by Crippen LogP contribution is -2.47. The second kappa shape index (κ2) is 6.75. The first-order chi connectivity index (χ1) is 13.7. The van der Waals surface area contributed by atoms with Crippen molar-refractivity contribution in [1.82, 2.24) is 19.9 Å². The van der Waals surface area contributed by atoms with Gasteiger partial charge in [-0.15, -0.1) is 11.3 Å². The van der Waals surface area contributed by atoms with Gasteiger partial charge in [-0.1, -0.05) is 6.07 Å². The number of aromatic nitrogens is 4. The Hall–Kier alpha value is -3.20. The molecule has 1 aliphatic rings. The summed E-state index contributed by atoms with van der Waals surface area (Å²) in [5.41, 5.74) is 3.95. The molecule has 4 heterocycles. The molecule has 1 aliphatic heterocycles. The molecule has 8 nitrogen and oxygen atoms in total. The molecule has 28 heavy (non-hydrogen) atoms. The topological polar surface area (TPSA) is 87.2 Å². The lowest BCUT2D eigenvalue weighted by molar-refractivity contribution is 0.0587. The van der Waals surface area contributed by atoms with E-state index in [1.54, 1.807) is 17.7 Å². The van der Waals surface area contributed by atoms with Gasteiger partial charge in [0.15, 0.2) is 5.82 Å². The largest absolute Gasteiger partial charge is 0.463 e. The Morgan fingerprint density at radius 3 is 2.79 bits per heavy atom. The summed E-state index contributed by atoms with van der Waals surface area (Å²) in [4.78, 5) is 33.0. The van der Waals surface area contributed by atoms with E-state index in [1.807, 2.05) is 23.6 Å². The van der Waals surface area contributed by atoms with Gasteiger partial charge in [0.05, 0.1) is 34.9 Å². The van der Waals surface area contributed by atoms with Crippen LogP contribution in [-0.2, 0) is 4.74 Å². The molecule has 0 atom stereocenters. The number of ether oxygens (including phenoxy) is 1. The van der Waals surface area contributed by atoms with Crippen LogP contribution >= 0.6 is 11.3 Å². The lowest BCUT2D eigenvalue weighted by Gasteiger charge is -2.37. The summed E-state index contributed by atoms with van der Waals surface area (Å²) in [5.74, 6) is 0.392. The number of hydrogen-bond donors (Lipinski definition) is 1. The van der Waals surface area contributed by atoms with Crippen LogP contribution in [0, 0.1) is 0 Å². The fourth-order valence-electron chi connectivity index (χ4n) is 3.61. The minimum absolute atomic E-state index is 0.104. The zero-order chi connectivity index (χ0) is 19.1. The third kappa shape index (κ3) is 2.75. The van der Waals surface area contributed by atoms with E-state index in [0.717, 1.165) is 58.9 Å². The third-order valence-corrected chi connectivity index (χ3v) is 5.90. The number of aromatic amines is 1. The Morgan fingerprint density at radius 2 is 1.96 bits per heavy atom. The van der Waals surface area contributed by atoms with Gasteiger partial charge in [-0.3, -0.25) is 0 Å². The average molecular weight is 394 g/mol. The van der Waals surface area contributed by atoms with Crippen molar-refractivity contribution in [2.75, 3.05) is 43.1 Å². The highest BCUT2D eigenvalue weighted by atomic mass is 32.1. The Morgan fingerprint density at radius 1 is 1.14 bits per heavy atom. The molecule has 142 valence electrons. The first-order valence-electron chi connectivity index (χ1n) is 9.00. The number of H-pyrrole nitrogens is 1. The molecule has 1 fully saturated rings. The number of esters is 1. The van der Waals surface area contributed by atoms with Gasteiger partial charge in [0.2, 0.25) is 5.82 Å². The summed E-state index contributed by atoms with van der Waals surface area (Å²) < 4.78 is 5.81. The highest BCUT2D eigenvalue weighted by Gasteiger charge is 2.24. The second-order valence-corrected chi connectivity index (χ2v) is 7.46. The molecular formula is C19H18N6O2S. The van der Waals surface area contributed by atoms with Crippen LogP contribution in [0.15, 0.2) is 36.0 Å². The van der Waals surface area contributed by atoms with Gasteiger partial charge < -0.3 is 19.5 Å². The number of benzene rings is 1. The molecular weight excluding hydrogens is 376 g/mol. The maximum Gasteiger partial charge on any atom is 0.376 e. The van der Waals surface area contributed by atoms with Crippen molar-refractivity contribution in [2.24, 2.45) is 0 Å². The van der Waals surface area contributed by atoms with Crippen LogP contribution in [0.25, 0.3) is 21.3 Å². The number of nitrogens with zero attached hydrogens (tertiary/aromatic N) is 5. The summed E-state index contributed by atoms with van der Waals surface area (Å²) in [6.45, 7) is 3.28. The van der Waals surface area contributed by atoms with E-state index in [9.17, 15) is 4.79 Å². The van der Waals surface area contributed by atoms with Gasteiger partial charge in [-0.2, -0.15) is 0 Å². The van der Waals surface area contributed by atoms with Crippen LogP contribution in [-0.4, -0.2) is 59.2 Å². The molecule has 1 saturated heterocycles. The molecule has 0 unspecified atom stereocenters. The first kappa shape index (κ1) is 16.9. The Labute approximate surface area is 164 Å². The van der Waals surface area contributed by atoms with Crippen LogP contribution in [0.5, 0.6) is 0 Å². The van der Waals surface area contributed by atoms with Gasteiger partial charge >= 0.3 is 5.97 Å². The Kier molecular flexibility index (Phi) is 4.09. The monoisotopic (exact) mass is 394 g/mol. The molecule has 3 aromatic heterocycles. The highest BCUT2D eigenvalue weighted by Crippen LogP contribution is 2.31. The van der Waals surface area contributed by atoms with Crippen molar-refractivity contribution in [3.8, 4) is 0 Å². The summed E-state index contributed by atoms with van der Waals surface area (Å²) in [6, 6.07) is 8.10. The molecule has 9 heteroatoms. The number of imidazole rings is 1. The van der Waals surface area contributed by atoms with E-state index in [1.165, 1.54) is 7.11 Å². The van der Waals surface area contributed by atoms with E-state index < -0.39 is 5.97 Å². The number of thiophene rings is 1. The molecule has 1 aromatic carbocycles. The highest BCUT2D eigenvalue weighted by molar-refractivity contribution is 7.17. The Bertz CT molecular complexity index is 1160. The summed E-state index contributed by atoms with van der Waals surface area (Å²) in [7, 11) is 1.34. The molecule has 0 amide bonds. The summed E-state index contributed by atoms with van der Waals surface area (Å²) in [6.07, 6.45) is 1.73. The number of fused-ring (bicyclic) bond motifs is 2. The fraction of sp³-hybridized carbons (Fsp3) is 0.263. The first-order valence-corrected chi connectivity index (χ1v) is 9.88. The molecule has 0 radical (unpaired) electrons. The number of hydrogen-bond acceptors (Lipinski definition) is 8. The van der Waals surface area contributed by atoms with Crippen LogP contribution < -0.4 is 9.80 Å². The number of carbonyl (C=O) groups is 1.